The number of carboxylic acid groups (broad SMARTS) is 1. The normalized spacial score (nSPS) is 16.0. The van der Waals surface area contributed by atoms with E-state index in [1.165, 1.54) is 0 Å². The second-order valence-corrected chi connectivity index (χ2v) is 6.94. The summed E-state index contributed by atoms with van der Waals surface area (Å²) in [6.07, 6.45) is -0.252. The number of hydrogen-bond donors (Lipinski definition) is 2. The van der Waals surface area contributed by atoms with E-state index in [0.29, 0.717) is 0 Å². The molecule has 0 aliphatic carbocycles. The Morgan fingerprint density at radius 1 is 1.20 bits per heavy atom. The summed E-state index contributed by atoms with van der Waals surface area (Å²) < 4.78 is 0. The van der Waals surface area contributed by atoms with Crippen molar-refractivity contribution in [3.8, 4) is 0 Å². The van der Waals surface area contributed by atoms with Crippen molar-refractivity contribution in [2.45, 2.75) is 39.7 Å². The fourth-order valence-electron chi connectivity index (χ4n) is 2.76. The zero-order valence-electron chi connectivity index (χ0n) is 14.8. The molecule has 2 N–H and O–H groups in total. The van der Waals surface area contributed by atoms with E-state index in [1.807, 2.05) is 6.92 Å². The summed E-state index contributed by atoms with van der Waals surface area (Å²) in [6, 6.07) is 4.93. The molecule has 3 amide bonds. The van der Waals surface area contributed by atoms with Gasteiger partial charge in [-0.25, -0.2) is 0 Å². The Kier molecular flexibility index (Phi) is 4.97. The molecule has 0 saturated heterocycles. The molecule has 0 fully saturated rings. The van der Waals surface area contributed by atoms with Crippen LogP contribution in [-0.4, -0.2) is 45.8 Å². The molecule has 0 saturated carbocycles. The van der Waals surface area contributed by atoms with Crippen LogP contribution in [-0.2, 0) is 9.59 Å². The number of nitrogens with zero attached hydrogens (tertiary/aromatic N) is 1. The highest BCUT2D eigenvalue weighted by Crippen LogP contribution is 2.24. The van der Waals surface area contributed by atoms with Gasteiger partial charge in [0.15, 0.2) is 0 Å². The predicted octanol–water partition coefficient (Wildman–Crippen LogP) is 1.60. The number of carbonyl (C=O) groups is 4. The van der Waals surface area contributed by atoms with Crippen LogP contribution in [0, 0.1) is 12.8 Å². The van der Waals surface area contributed by atoms with Gasteiger partial charge in [0.1, 0.15) is 6.54 Å². The molecule has 134 valence electrons. The molecule has 1 aromatic rings. The van der Waals surface area contributed by atoms with Crippen molar-refractivity contribution in [1.82, 2.24) is 10.2 Å². The van der Waals surface area contributed by atoms with Gasteiger partial charge in [0.25, 0.3) is 11.8 Å². The smallest absolute Gasteiger partial charge is 0.305 e. The van der Waals surface area contributed by atoms with Crippen molar-refractivity contribution >= 4 is 23.7 Å². The lowest BCUT2D eigenvalue weighted by Crippen LogP contribution is -2.54. The fraction of sp³-hybridized carbons (Fsp3) is 0.444. The van der Waals surface area contributed by atoms with E-state index < -0.39 is 35.8 Å². The first-order valence-electron chi connectivity index (χ1n) is 8.05. The highest BCUT2D eigenvalue weighted by atomic mass is 16.4. The summed E-state index contributed by atoms with van der Waals surface area (Å²) in [5.41, 5.74) is 0.439. The predicted molar refractivity (Wildman–Crippen MR) is 90.2 cm³/mol. The van der Waals surface area contributed by atoms with Gasteiger partial charge in [-0.2, -0.15) is 0 Å². The Hall–Kier alpha value is -2.70. The van der Waals surface area contributed by atoms with Gasteiger partial charge in [0, 0.05) is 0 Å². The van der Waals surface area contributed by atoms with Gasteiger partial charge in [-0.05, 0) is 31.9 Å². The average Bonchev–Trinajstić information content (AvgIpc) is 2.70. The molecule has 7 heteroatoms. The van der Waals surface area contributed by atoms with Crippen LogP contribution in [0.5, 0.6) is 0 Å². The molecule has 0 bridgehead atoms. The quantitative estimate of drug-likeness (QED) is 0.762. The van der Waals surface area contributed by atoms with Crippen molar-refractivity contribution in [1.29, 1.82) is 0 Å². The third kappa shape index (κ3) is 3.70. The summed E-state index contributed by atoms with van der Waals surface area (Å²) in [4.78, 5) is 49.1. The van der Waals surface area contributed by atoms with Gasteiger partial charge in [0.2, 0.25) is 5.91 Å². The number of nitrogens with one attached hydrogen (secondary N) is 1. The van der Waals surface area contributed by atoms with Crippen LogP contribution in [0.1, 0.15) is 53.5 Å². The Morgan fingerprint density at radius 3 is 2.36 bits per heavy atom. The molecule has 1 aliphatic rings. The van der Waals surface area contributed by atoms with Crippen LogP contribution in [0.2, 0.25) is 0 Å². The van der Waals surface area contributed by atoms with Gasteiger partial charge in [-0.3, -0.25) is 24.1 Å². The summed E-state index contributed by atoms with van der Waals surface area (Å²) in [7, 11) is 0. The van der Waals surface area contributed by atoms with Crippen LogP contribution in [0.3, 0.4) is 0 Å². The largest absolute Gasteiger partial charge is 0.481 e. The Morgan fingerprint density at radius 2 is 1.80 bits per heavy atom. The van der Waals surface area contributed by atoms with Crippen LogP contribution >= 0.6 is 0 Å². The summed E-state index contributed by atoms with van der Waals surface area (Å²) in [5, 5.41) is 11.7. The molecule has 1 aliphatic heterocycles. The van der Waals surface area contributed by atoms with Crippen molar-refractivity contribution in [3.63, 3.8) is 0 Å². The zero-order chi connectivity index (χ0) is 18.9. The third-order valence-corrected chi connectivity index (χ3v) is 4.65. The number of fused-ring (bicyclic) bond motifs is 1. The average molecular weight is 346 g/mol. The molecule has 2 rings (SSSR count). The molecule has 25 heavy (non-hydrogen) atoms. The maximum atomic E-state index is 12.4. The molecule has 0 spiro atoms. The van der Waals surface area contributed by atoms with E-state index in [2.05, 4.69) is 5.32 Å². The van der Waals surface area contributed by atoms with Crippen molar-refractivity contribution in [2.24, 2.45) is 5.92 Å². The molecular weight excluding hydrogens is 324 g/mol. The van der Waals surface area contributed by atoms with E-state index in [4.69, 9.17) is 5.11 Å². The minimum atomic E-state index is -1.03. The van der Waals surface area contributed by atoms with E-state index in [-0.39, 0.29) is 23.5 Å². The molecule has 0 radical (unpaired) electrons. The van der Waals surface area contributed by atoms with Crippen LogP contribution in [0.15, 0.2) is 18.2 Å². The number of benzene rings is 1. The molecule has 1 aromatic carbocycles. The van der Waals surface area contributed by atoms with E-state index >= 15 is 0 Å². The number of carboxylic acids is 1. The van der Waals surface area contributed by atoms with E-state index in [0.717, 1.165) is 10.5 Å². The highest BCUT2D eigenvalue weighted by molar-refractivity contribution is 6.22. The standard InChI is InChI=1S/C18H22N2O5/c1-10(2)18(4,8-15(22)23)19-14(21)9-20-16(24)12-6-5-11(3)7-13(12)17(20)25/h5-7,10H,8-9H2,1-4H3,(H,19,21)(H,22,23). The summed E-state index contributed by atoms with van der Waals surface area (Å²) >= 11 is 0. The first-order chi connectivity index (χ1) is 11.5. The number of hydrogen-bond acceptors (Lipinski definition) is 4. The molecular formula is C18H22N2O5. The molecule has 7 nitrogen and oxygen atoms in total. The fourth-order valence-corrected chi connectivity index (χ4v) is 2.76. The van der Waals surface area contributed by atoms with Crippen molar-refractivity contribution < 1.29 is 24.3 Å². The molecule has 1 atom stereocenters. The van der Waals surface area contributed by atoms with Crippen LogP contribution < -0.4 is 5.32 Å². The first kappa shape index (κ1) is 18.6. The topological polar surface area (TPSA) is 104 Å². The highest BCUT2D eigenvalue weighted by Gasteiger charge is 2.38. The monoisotopic (exact) mass is 346 g/mol. The van der Waals surface area contributed by atoms with Crippen LogP contribution in [0.25, 0.3) is 0 Å². The van der Waals surface area contributed by atoms with Gasteiger partial charge in [-0.15, -0.1) is 0 Å². The lowest BCUT2D eigenvalue weighted by atomic mass is 9.85. The maximum Gasteiger partial charge on any atom is 0.305 e. The first-order valence-corrected chi connectivity index (χ1v) is 8.05. The second kappa shape index (κ2) is 6.66. The number of aryl methyl sites for hydroxylation is 1. The van der Waals surface area contributed by atoms with Crippen LogP contribution in [0.4, 0.5) is 0 Å². The maximum absolute atomic E-state index is 12.4. The molecule has 1 unspecified atom stereocenters. The lowest BCUT2D eigenvalue weighted by Gasteiger charge is -2.34. The minimum absolute atomic E-state index is 0.141. The van der Waals surface area contributed by atoms with Gasteiger partial charge in [-0.1, -0.05) is 25.5 Å². The Labute approximate surface area is 146 Å². The minimum Gasteiger partial charge on any atom is -0.481 e. The number of carbonyl (C=O) groups excluding carboxylic acids is 3. The summed E-state index contributed by atoms with van der Waals surface area (Å²) in [5.74, 6) is -2.77. The Bertz CT molecular complexity index is 756. The number of rotatable bonds is 6. The van der Waals surface area contributed by atoms with Gasteiger partial charge >= 0.3 is 5.97 Å². The van der Waals surface area contributed by atoms with E-state index in [1.54, 1.807) is 39.0 Å². The number of amides is 3. The van der Waals surface area contributed by atoms with Crippen molar-refractivity contribution in [2.75, 3.05) is 6.54 Å². The lowest BCUT2D eigenvalue weighted by molar-refractivity contribution is -0.139. The second-order valence-electron chi connectivity index (χ2n) is 6.94. The van der Waals surface area contributed by atoms with Crippen molar-refractivity contribution in [3.05, 3.63) is 34.9 Å². The molecule has 0 aromatic heterocycles. The van der Waals surface area contributed by atoms with E-state index in [9.17, 15) is 19.2 Å². The third-order valence-electron chi connectivity index (χ3n) is 4.65. The number of imide groups is 1. The SMILES string of the molecule is Cc1ccc2c(c1)C(=O)N(CC(=O)NC(C)(CC(=O)O)C(C)C)C2=O. The summed E-state index contributed by atoms with van der Waals surface area (Å²) in [6.45, 7) is 6.61. The number of aliphatic carboxylic acids is 1. The Balaban J connectivity index is 2.15. The molecule has 1 heterocycles. The van der Waals surface area contributed by atoms with Gasteiger partial charge < -0.3 is 10.4 Å². The van der Waals surface area contributed by atoms with Gasteiger partial charge in [0.05, 0.1) is 23.1 Å². The zero-order valence-corrected chi connectivity index (χ0v) is 14.8.